The number of pyridine rings is 1. The van der Waals surface area contributed by atoms with Crippen LogP contribution in [0.3, 0.4) is 0 Å². The Kier molecular flexibility index (Phi) is 2.99. The highest BCUT2D eigenvalue weighted by molar-refractivity contribution is 5.48. The van der Waals surface area contributed by atoms with Crippen molar-refractivity contribution in [3.63, 3.8) is 0 Å². The van der Waals surface area contributed by atoms with E-state index in [-0.39, 0.29) is 5.41 Å². The Morgan fingerprint density at radius 2 is 2.07 bits per heavy atom. The zero-order valence-electron chi connectivity index (χ0n) is 9.29. The molecule has 0 atom stereocenters. The number of hydrogen-bond acceptors (Lipinski definition) is 3. The van der Waals surface area contributed by atoms with Gasteiger partial charge < -0.3 is 10.5 Å². The van der Waals surface area contributed by atoms with E-state index in [1.807, 2.05) is 0 Å². The van der Waals surface area contributed by atoms with Gasteiger partial charge in [-0.3, -0.25) is 0 Å². The quantitative estimate of drug-likeness (QED) is 0.785. The summed E-state index contributed by atoms with van der Waals surface area (Å²) in [5.74, 6) is 0.570. The van der Waals surface area contributed by atoms with Crippen molar-refractivity contribution in [3.8, 4) is 5.88 Å². The molecule has 0 spiro atoms. The largest absolute Gasteiger partial charge is 0.481 e. The predicted octanol–water partition coefficient (Wildman–Crippen LogP) is 2.26. The number of nitrogens with zero attached hydrogens (tertiary/aromatic N) is 1. The minimum absolute atomic E-state index is 0.227. The molecule has 1 aromatic heterocycles. The summed E-state index contributed by atoms with van der Waals surface area (Å²) in [6.07, 6.45) is 2.72. The van der Waals surface area contributed by atoms with Gasteiger partial charge in [0.15, 0.2) is 0 Å². The van der Waals surface area contributed by atoms with Crippen LogP contribution in [0, 0.1) is 5.41 Å². The summed E-state index contributed by atoms with van der Waals surface area (Å²) in [5.41, 5.74) is 7.95. The molecule has 1 rings (SSSR count). The zero-order valence-corrected chi connectivity index (χ0v) is 9.29. The zero-order chi connectivity index (χ0) is 10.8. The van der Waals surface area contributed by atoms with E-state index in [9.17, 15) is 0 Å². The minimum atomic E-state index is 0.227. The van der Waals surface area contributed by atoms with Gasteiger partial charge >= 0.3 is 0 Å². The lowest BCUT2D eigenvalue weighted by atomic mass is 9.88. The number of aromatic nitrogens is 1. The van der Waals surface area contributed by atoms with Crippen molar-refractivity contribution in [1.82, 2.24) is 4.98 Å². The van der Waals surface area contributed by atoms with Crippen LogP contribution in [-0.4, -0.2) is 12.1 Å². The van der Waals surface area contributed by atoms with Crippen LogP contribution in [0.5, 0.6) is 5.88 Å². The fourth-order valence-electron chi connectivity index (χ4n) is 1.31. The van der Waals surface area contributed by atoms with Crippen molar-refractivity contribution < 1.29 is 4.74 Å². The third-order valence-corrected chi connectivity index (χ3v) is 1.93. The summed E-state index contributed by atoms with van der Waals surface area (Å²) in [4.78, 5) is 4.14. The first-order chi connectivity index (χ1) is 6.42. The van der Waals surface area contributed by atoms with Crippen LogP contribution in [0.1, 0.15) is 26.3 Å². The molecule has 0 aliphatic carbocycles. The molecule has 0 aromatic carbocycles. The average molecular weight is 194 g/mol. The Morgan fingerprint density at radius 3 is 2.50 bits per heavy atom. The molecule has 14 heavy (non-hydrogen) atoms. The summed E-state index contributed by atoms with van der Waals surface area (Å²) >= 11 is 0. The molecular formula is C11H18N2O. The molecule has 0 saturated carbocycles. The van der Waals surface area contributed by atoms with Crippen LogP contribution in [0.2, 0.25) is 0 Å². The van der Waals surface area contributed by atoms with Crippen LogP contribution in [0.15, 0.2) is 12.3 Å². The molecule has 1 aromatic rings. The second-order valence-electron chi connectivity index (χ2n) is 4.66. The first-order valence-corrected chi connectivity index (χ1v) is 4.71. The highest BCUT2D eigenvalue weighted by Gasteiger charge is 2.13. The van der Waals surface area contributed by atoms with E-state index in [1.54, 1.807) is 19.4 Å². The van der Waals surface area contributed by atoms with Crippen molar-refractivity contribution in [2.75, 3.05) is 12.8 Å². The van der Waals surface area contributed by atoms with Gasteiger partial charge in [0.05, 0.1) is 7.11 Å². The molecule has 0 unspecified atom stereocenters. The first-order valence-electron chi connectivity index (χ1n) is 4.71. The summed E-state index contributed by atoms with van der Waals surface area (Å²) in [6.45, 7) is 6.53. The van der Waals surface area contributed by atoms with Crippen LogP contribution in [0.25, 0.3) is 0 Å². The molecule has 0 fully saturated rings. The molecular weight excluding hydrogens is 176 g/mol. The van der Waals surface area contributed by atoms with Crippen LogP contribution < -0.4 is 10.5 Å². The van der Waals surface area contributed by atoms with Gasteiger partial charge in [-0.25, -0.2) is 4.98 Å². The van der Waals surface area contributed by atoms with E-state index in [2.05, 4.69) is 25.8 Å². The molecule has 1 heterocycles. The lowest BCUT2D eigenvalue weighted by Gasteiger charge is -2.19. The van der Waals surface area contributed by atoms with E-state index in [4.69, 9.17) is 10.5 Å². The summed E-state index contributed by atoms with van der Waals surface area (Å²) in [5, 5.41) is 0. The SMILES string of the molecule is COc1cc(N)c(CC(C)(C)C)cn1. The summed E-state index contributed by atoms with van der Waals surface area (Å²) in [7, 11) is 1.59. The Bertz CT molecular complexity index is 316. The molecule has 0 bridgehead atoms. The van der Waals surface area contributed by atoms with Crippen molar-refractivity contribution in [3.05, 3.63) is 17.8 Å². The maximum absolute atomic E-state index is 5.88. The molecule has 2 N–H and O–H groups in total. The lowest BCUT2D eigenvalue weighted by Crippen LogP contribution is -2.11. The number of methoxy groups -OCH3 is 1. The summed E-state index contributed by atoms with van der Waals surface area (Å²) in [6, 6.07) is 1.76. The van der Waals surface area contributed by atoms with Gasteiger partial charge in [0, 0.05) is 18.0 Å². The van der Waals surface area contributed by atoms with Crippen LogP contribution >= 0.6 is 0 Å². The maximum Gasteiger partial charge on any atom is 0.214 e. The van der Waals surface area contributed by atoms with Crippen molar-refractivity contribution in [2.45, 2.75) is 27.2 Å². The highest BCUT2D eigenvalue weighted by Crippen LogP contribution is 2.25. The Balaban J connectivity index is 2.89. The Morgan fingerprint density at radius 1 is 1.43 bits per heavy atom. The second-order valence-corrected chi connectivity index (χ2v) is 4.66. The monoisotopic (exact) mass is 194 g/mol. The van der Waals surface area contributed by atoms with Crippen LogP contribution in [0.4, 0.5) is 5.69 Å². The van der Waals surface area contributed by atoms with Gasteiger partial charge in [-0.2, -0.15) is 0 Å². The van der Waals surface area contributed by atoms with Gasteiger partial charge in [0.25, 0.3) is 0 Å². The number of rotatable bonds is 2. The smallest absolute Gasteiger partial charge is 0.214 e. The van der Waals surface area contributed by atoms with E-state index < -0.39 is 0 Å². The normalized spacial score (nSPS) is 11.4. The van der Waals surface area contributed by atoms with E-state index >= 15 is 0 Å². The predicted molar refractivity (Wildman–Crippen MR) is 58.4 cm³/mol. The molecule has 78 valence electrons. The maximum atomic E-state index is 5.88. The third-order valence-electron chi connectivity index (χ3n) is 1.93. The van der Waals surface area contributed by atoms with E-state index in [0.29, 0.717) is 5.88 Å². The fraction of sp³-hybridized carbons (Fsp3) is 0.545. The molecule has 3 heteroatoms. The van der Waals surface area contributed by atoms with Gasteiger partial charge in [0.1, 0.15) is 0 Å². The van der Waals surface area contributed by atoms with E-state index in [0.717, 1.165) is 17.7 Å². The van der Waals surface area contributed by atoms with Gasteiger partial charge in [-0.05, 0) is 17.4 Å². The highest BCUT2D eigenvalue weighted by atomic mass is 16.5. The van der Waals surface area contributed by atoms with Crippen LogP contribution in [-0.2, 0) is 6.42 Å². The molecule has 0 amide bonds. The topological polar surface area (TPSA) is 48.1 Å². The molecule has 0 aliphatic heterocycles. The second kappa shape index (κ2) is 3.86. The van der Waals surface area contributed by atoms with Crippen molar-refractivity contribution >= 4 is 5.69 Å². The molecule has 3 nitrogen and oxygen atoms in total. The van der Waals surface area contributed by atoms with Gasteiger partial charge in [-0.15, -0.1) is 0 Å². The first kappa shape index (κ1) is 10.8. The number of nitrogens with two attached hydrogens (primary N) is 1. The van der Waals surface area contributed by atoms with E-state index in [1.165, 1.54) is 0 Å². The van der Waals surface area contributed by atoms with Crippen molar-refractivity contribution in [2.24, 2.45) is 5.41 Å². The third kappa shape index (κ3) is 2.91. The number of nitrogen functional groups attached to an aromatic ring is 1. The number of hydrogen-bond donors (Lipinski definition) is 1. The fourth-order valence-corrected chi connectivity index (χ4v) is 1.31. The lowest BCUT2D eigenvalue weighted by molar-refractivity contribution is 0.394. The molecule has 0 aliphatic rings. The molecule has 0 saturated heterocycles. The summed E-state index contributed by atoms with van der Waals surface area (Å²) < 4.78 is 4.99. The minimum Gasteiger partial charge on any atom is -0.481 e. The average Bonchev–Trinajstić information content (AvgIpc) is 2.06. The standard InChI is InChI=1S/C11H18N2O/c1-11(2,3)6-8-7-13-10(14-4)5-9(8)12/h5,7H,6H2,1-4H3,(H2,12,13). The van der Waals surface area contributed by atoms with Gasteiger partial charge in [0.2, 0.25) is 5.88 Å². The van der Waals surface area contributed by atoms with Gasteiger partial charge in [-0.1, -0.05) is 20.8 Å². The Hall–Kier alpha value is -1.25. The Labute approximate surface area is 85.3 Å². The van der Waals surface area contributed by atoms with Crippen molar-refractivity contribution in [1.29, 1.82) is 0 Å². The number of ether oxygens (including phenoxy) is 1. The molecule has 0 radical (unpaired) electrons. The number of anilines is 1.